The molecule has 0 aliphatic heterocycles. The average molecular weight is 227 g/mol. The van der Waals surface area contributed by atoms with Gasteiger partial charge in [-0.05, 0) is 12.2 Å². The summed E-state index contributed by atoms with van der Waals surface area (Å²) in [7, 11) is 0. The van der Waals surface area contributed by atoms with Gasteiger partial charge in [0.05, 0.1) is 0 Å². The van der Waals surface area contributed by atoms with Gasteiger partial charge in [0.15, 0.2) is 5.67 Å². The first-order valence-corrected chi connectivity index (χ1v) is 3.86. The highest BCUT2D eigenvalue weighted by Gasteiger charge is 2.37. The second-order valence-corrected chi connectivity index (χ2v) is 3.27. The van der Waals surface area contributed by atoms with Gasteiger partial charge in [0.25, 0.3) is 6.43 Å². The largest absolute Gasteiger partial charge is 0.275 e. The van der Waals surface area contributed by atoms with E-state index in [1.165, 1.54) is 12.2 Å². The minimum Gasteiger partial charge on any atom is -0.233 e. The third-order valence-electron chi connectivity index (χ3n) is 1.49. The molecule has 0 aromatic heterocycles. The first-order chi connectivity index (χ1) is 5.04. The fourth-order valence-corrected chi connectivity index (χ4v) is 1.06. The molecule has 0 fully saturated rings. The summed E-state index contributed by atoms with van der Waals surface area (Å²) in [6, 6.07) is 0. The standard InChI is InChI=1S/C7H6BrF3/c8-5-1-3-7(11,4-2-5)6(9)10/h1-3,6H,4H2. The summed E-state index contributed by atoms with van der Waals surface area (Å²) in [5, 5.41) is 0. The zero-order chi connectivity index (χ0) is 8.48. The molecule has 0 heterocycles. The van der Waals surface area contributed by atoms with Gasteiger partial charge in [0, 0.05) is 10.9 Å². The molecule has 1 aliphatic rings. The Bertz CT molecular complexity index is 210. The average Bonchev–Trinajstić information content (AvgIpc) is 1.95. The quantitative estimate of drug-likeness (QED) is 0.645. The van der Waals surface area contributed by atoms with Gasteiger partial charge in [-0.3, -0.25) is 0 Å². The van der Waals surface area contributed by atoms with E-state index >= 15 is 0 Å². The third kappa shape index (κ3) is 1.86. The fraction of sp³-hybridized carbons (Fsp3) is 0.429. The number of hydrogen-bond donors (Lipinski definition) is 0. The predicted molar refractivity (Wildman–Crippen MR) is 40.6 cm³/mol. The minimum absolute atomic E-state index is 0.262. The molecule has 0 radical (unpaired) electrons. The summed E-state index contributed by atoms with van der Waals surface area (Å²) in [4.78, 5) is 0. The van der Waals surface area contributed by atoms with E-state index in [0.29, 0.717) is 4.48 Å². The number of rotatable bonds is 1. The molecule has 1 unspecified atom stereocenters. The first kappa shape index (κ1) is 8.84. The van der Waals surface area contributed by atoms with Crippen molar-refractivity contribution in [3.05, 3.63) is 22.7 Å². The molecule has 0 saturated heterocycles. The lowest BCUT2D eigenvalue weighted by Crippen LogP contribution is -2.30. The molecule has 62 valence electrons. The van der Waals surface area contributed by atoms with Crippen LogP contribution in [0.25, 0.3) is 0 Å². The molecule has 0 spiro atoms. The molecule has 1 aliphatic carbocycles. The van der Waals surface area contributed by atoms with Crippen molar-refractivity contribution < 1.29 is 13.2 Å². The van der Waals surface area contributed by atoms with Gasteiger partial charge in [-0.2, -0.15) is 0 Å². The van der Waals surface area contributed by atoms with E-state index in [4.69, 9.17) is 0 Å². The Kier molecular flexibility index (Phi) is 2.42. The normalized spacial score (nSPS) is 30.8. The maximum absolute atomic E-state index is 13.0. The first-order valence-electron chi connectivity index (χ1n) is 3.06. The van der Waals surface area contributed by atoms with Gasteiger partial charge in [-0.1, -0.05) is 22.0 Å². The van der Waals surface area contributed by atoms with E-state index in [0.717, 1.165) is 6.08 Å². The highest BCUT2D eigenvalue weighted by Crippen LogP contribution is 2.32. The summed E-state index contributed by atoms with van der Waals surface area (Å²) < 4.78 is 37.5. The van der Waals surface area contributed by atoms with Gasteiger partial charge >= 0.3 is 0 Å². The van der Waals surface area contributed by atoms with Gasteiger partial charge < -0.3 is 0 Å². The van der Waals surface area contributed by atoms with E-state index in [1.807, 2.05) is 0 Å². The molecule has 1 atom stereocenters. The minimum atomic E-state index is -2.95. The van der Waals surface area contributed by atoms with Crippen LogP contribution >= 0.6 is 15.9 Å². The van der Waals surface area contributed by atoms with Crippen LogP contribution in [-0.2, 0) is 0 Å². The molecule has 0 saturated carbocycles. The van der Waals surface area contributed by atoms with Gasteiger partial charge in [-0.15, -0.1) is 0 Å². The number of allylic oxidation sites excluding steroid dienone is 4. The van der Waals surface area contributed by atoms with Crippen molar-refractivity contribution in [2.24, 2.45) is 0 Å². The van der Waals surface area contributed by atoms with Crippen molar-refractivity contribution >= 4 is 15.9 Å². The summed E-state index contributed by atoms with van der Waals surface area (Å²) in [6.07, 6.45) is 0.376. The third-order valence-corrected chi connectivity index (χ3v) is 2.08. The van der Waals surface area contributed by atoms with Crippen molar-refractivity contribution in [2.45, 2.75) is 18.5 Å². The topological polar surface area (TPSA) is 0 Å². The Labute approximate surface area is 70.9 Å². The fourth-order valence-electron chi connectivity index (χ4n) is 0.770. The van der Waals surface area contributed by atoms with Crippen LogP contribution in [0.15, 0.2) is 22.7 Å². The highest BCUT2D eigenvalue weighted by molar-refractivity contribution is 9.11. The summed E-state index contributed by atoms with van der Waals surface area (Å²) in [6.45, 7) is 0. The Balaban J connectivity index is 2.74. The van der Waals surface area contributed by atoms with Crippen molar-refractivity contribution in [2.75, 3.05) is 0 Å². The zero-order valence-corrected chi connectivity index (χ0v) is 7.11. The van der Waals surface area contributed by atoms with E-state index in [9.17, 15) is 13.2 Å². The SMILES string of the molecule is FC(F)C1(F)C=CC(Br)=CC1. The maximum Gasteiger partial charge on any atom is 0.275 e. The van der Waals surface area contributed by atoms with Gasteiger partial charge in [0.1, 0.15) is 0 Å². The second kappa shape index (κ2) is 3.01. The lowest BCUT2D eigenvalue weighted by molar-refractivity contribution is -0.000356. The van der Waals surface area contributed by atoms with Crippen LogP contribution in [-0.4, -0.2) is 12.1 Å². The summed E-state index contributed by atoms with van der Waals surface area (Å²) in [5.74, 6) is 0. The van der Waals surface area contributed by atoms with Crippen LogP contribution in [0.4, 0.5) is 13.2 Å². The lowest BCUT2D eigenvalue weighted by atomic mass is 9.98. The predicted octanol–water partition coefficient (Wildman–Crippen LogP) is 3.20. The van der Waals surface area contributed by atoms with Gasteiger partial charge in [-0.25, -0.2) is 13.2 Å². The zero-order valence-electron chi connectivity index (χ0n) is 5.53. The van der Waals surface area contributed by atoms with Crippen LogP contribution < -0.4 is 0 Å². The van der Waals surface area contributed by atoms with Crippen LogP contribution in [0, 0.1) is 0 Å². The smallest absolute Gasteiger partial charge is 0.233 e. The van der Waals surface area contributed by atoms with Crippen LogP contribution in [0.1, 0.15) is 6.42 Å². The molecular weight excluding hydrogens is 221 g/mol. The Morgan fingerprint density at radius 1 is 1.55 bits per heavy atom. The number of hydrogen-bond acceptors (Lipinski definition) is 0. The molecule has 0 bridgehead atoms. The maximum atomic E-state index is 13.0. The van der Waals surface area contributed by atoms with Crippen LogP contribution in [0.2, 0.25) is 0 Å². The van der Waals surface area contributed by atoms with E-state index in [2.05, 4.69) is 15.9 Å². The van der Waals surface area contributed by atoms with Crippen molar-refractivity contribution in [1.29, 1.82) is 0 Å². The molecule has 11 heavy (non-hydrogen) atoms. The number of halogens is 4. The molecule has 0 amide bonds. The van der Waals surface area contributed by atoms with Crippen LogP contribution in [0.5, 0.6) is 0 Å². The van der Waals surface area contributed by atoms with E-state index in [-0.39, 0.29) is 6.42 Å². The molecule has 1 rings (SSSR count). The summed E-state index contributed by atoms with van der Waals surface area (Å²) in [5.41, 5.74) is -2.46. The lowest BCUT2D eigenvalue weighted by Gasteiger charge is -2.21. The van der Waals surface area contributed by atoms with Crippen molar-refractivity contribution in [1.82, 2.24) is 0 Å². The molecule has 0 nitrogen and oxygen atoms in total. The molecule has 0 aromatic carbocycles. The summed E-state index contributed by atoms with van der Waals surface area (Å²) >= 11 is 3.05. The van der Waals surface area contributed by atoms with E-state index in [1.54, 1.807) is 0 Å². The monoisotopic (exact) mass is 226 g/mol. The molecular formula is C7H6BrF3. The Hall–Kier alpha value is -0.250. The molecule has 0 N–H and O–H groups in total. The van der Waals surface area contributed by atoms with Crippen LogP contribution in [0.3, 0.4) is 0 Å². The van der Waals surface area contributed by atoms with Crippen molar-refractivity contribution in [3.8, 4) is 0 Å². The van der Waals surface area contributed by atoms with Gasteiger partial charge in [0.2, 0.25) is 0 Å². The number of alkyl halides is 3. The second-order valence-electron chi connectivity index (χ2n) is 2.35. The Morgan fingerprint density at radius 2 is 2.18 bits per heavy atom. The van der Waals surface area contributed by atoms with Crippen molar-refractivity contribution in [3.63, 3.8) is 0 Å². The molecule has 0 aromatic rings. The molecule has 4 heteroatoms. The van der Waals surface area contributed by atoms with E-state index < -0.39 is 12.1 Å². The Morgan fingerprint density at radius 3 is 2.55 bits per heavy atom. The highest BCUT2D eigenvalue weighted by atomic mass is 79.9.